The number of anilines is 1. The van der Waals surface area contributed by atoms with Gasteiger partial charge < -0.3 is 16.0 Å². The zero-order valence-electron chi connectivity index (χ0n) is 7.59. The van der Waals surface area contributed by atoms with Gasteiger partial charge in [0.25, 0.3) is 0 Å². The molecule has 0 aliphatic carbocycles. The normalized spacial score (nSPS) is 10.6. The van der Waals surface area contributed by atoms with Crippen LogP contribution in [0.15, 0.2) is 24.3 Å². The molecule has 4 N–H and O–H groups in total. The molecule has 1 heterocycles. The van der Waals surface area contributed by atoms with E-state index in [0.717, 1.165) is 16.9 Å². The predicted molar refractivity (Wildman–Crippen MR) is 55.7 cm³/mol. The number of nitrogens with two attached hydrogens (primary N) is 1. The molecule has 0 atom stereocenters. The summed E-state index contributed by atoms with van der Waals surface area (Å²) in [6, 6.07) is 8.18. The van der Waals surface area contributed by atoms with Crippen LogP contribution in [-0.2, 0) is 0 Å². The fourth-order valence-electron chi connectivity index (χ4n) is 1.61. The van der Waals surface area contributed by atoms with Crippen molar-refractivity contribution in [3.8, 4) is 0 Å². The lowest BCUT2D eigenvalue weighted by atomic mass is 10.2. The second kappa shape index (κ2) is 3.11. The molecule has 0 spiro atoms. The van der Waals surface area contributed by atoms with Crippen molar-refractivity contribution in [1.82, 2.24) is 4.98 Å². The first-order chi connectivity index (χ1) is 6.33. The average molecular weight is 175 g/mol. The molecule has 1 aromatic heterocycles. The Morgan fingerprint density at radius 2 is 2.15 bits per heavy atom. The number of nitrogens with one attached hydrogen (secondary N) is 2. The fraction of sp³-hybridized carbons (Fsp3) is 0.200. The minimum atomic E-state index is 0.461. The quantitative estimate of drug-likeness (QED) is 0.610. The Morgan fingerprint density at radius 3 is 2.92 bits per heavy atom. The van der Waals surface area contributed by atoms with Crippen molar-refractivity contribution in [1.29, 1.82) is 0 Å². The maximum absolute atomic E-state index is 5.45. The van der Waals surface area contributed by atoms with Crippen LogP contribution in [0.4, 0.5) is 5.69 Å². The highest BCUT2D eigenvalue weighted by molar-refractivity contribution is 5.94. The summed E-state index contributed by atoms with van der Waals surface area (Å²) in [7, 11) is 0. The summed E-state index contributed by atoms with van der Waals surface area (Å²) in [5.41, 5.74) is 8.84. The maximum atomic E-state index is 5.45. The molecule has 0 aliphatic heterocycles. The van der Waals surface area contributed by atoms with Crippen LogP contribution in [0, 0.1) is 6.92 Å². The van der Waals surface area contributed by atoms with Crippen LogP contribution >= 0.6 is 0 Å². The number of aryl methyl sites for hydroxylation is 1. The molecule has 0 unspecified atom stereocenters. The zero-order valence-corrected chi connectivity index (χ0v) is 7.59. The molecule has 0 bridgehead atoms. The van der Waals surface area contributed by atoms with E-state index in [-0.39, 0.29) is 0 Å². The first kappa shape index (κ1) is 8.13. The molecule has 0 amide bonds. The van der Waals surface area contributed by atoms with Gasteiger partial charge >= 0.3 is 0 Å². The Hall–Kier alpha value is -1.48. The molecular formula is C10H13N3. The highest BCUT2D eigenvalue weighted by atomic mass is 15.0. The standard InChI is InChI=1S/C10H13N3/c1-7-10(12-6-11)8-4-2-3-5-9(8)13-7/h2-5,12-13H,6,11H2,1H3. The molecule has 3 nitrogen and oxygen atoms in total. The number of hydrogen-bond donors (Lipinski definition) is 3. The minimum absolute atomic E-state index is 0.461. The number of aromatic amines is 1. The SMILES string of the molecule is Cc1[nH]c2ccccc2c1NCN. The van der Waals surface area contributed by atoms with Gasteiger partial charge in [0.05, 0.1) is 12.4 Å². The highest BCUT2D eigenvalue weighted by Gasteiger charge is 2.05. The van der Waals surface area contributed by atoms with Crippen molar-refractivity contribution in [2.45, 2.75) is 6.92 Å². The van der Waals surface area contributed by atoms with Gasteiger partial charge in [-0.1, -0.05) is 18.2 Å². The largest absolute Gasteiger partial charge is 0.371 e. The highest BCUT2D eigenvalue weighted by Crippen LogP contribution is 2.26. The molecule has 2 rings (SSSR count). The minimum Gasteiger partial charge on any atom is -0.371 e. The summed E-state index contributed by atoms with van der Waals surface area (Å²) in [4.78, 5) is 3.29. The number of hydrogen-bond acceptors (Lipinski definition) is 2. The van der Waals surface area contributed by atoms with Gasteiger partial charge in [0.1, 0.15) is 0 Å². The summed E-state index contributed by atoms with van der Waals surface area (Å²) in [5, 5.41) is 4.34. The van der Waals surface area contributed by atoms with Gasteiger partial charge in [-0.2, -0.15) is 0 Å². The van der Waals surface area contributed by atoms with E-state index in [1.54, 1.807) is 0 Å². The average Bonchev–Trinajstić information content (AvgIpc) is 2.44. The lowest BCUT2D eigenvalue weighted by Gasteiger charge is -2.01. The van der Waals surface area contributed by atoms with Crippen LogP contribution in [0.5, 0.6) is 0 Å². The summed E-state index contributed by atoms with van der Waals surface area (Å²) in [6.07, 6.45) is 0. The van der Waals surface area contributed by atoms with Gasteiger partial charge in [0.2, 0.25) is 0 Å². The van der Waals surface area contributed by atoms with Crippen LogP contribution in [-0.4, -0.2) is 11.7 Å². The molecule has 0 saturated carbocycles. The fourth-order valence-corrected chi connectivity index (χ4v) is 1.61. The van der Waals surface area contributed by atoms with E-state index < -0.39 is 0 Å². The Balaban J connectivity index is 2.64. The zero-order chi connectivity index (χ0) is 9.26. The van der Waals surface area contributed by atoms with Gasteiger partial charge in [-0.15, -0.1) is 0 Å². The number of benzene rings is 1. The second-order valence-corrected chi connectivity index (χ2v) is 3.05. The third kappa shape index (κ3) is 1.27. The van der Waals surface area contributed by atoms with Crippen molar-refractivity contribution in [3.63, 3.8) is 0 Å². The van der Waals surface area contributed by atoms with E-state index in [1.165, 1.54) is 5.39 Å². The monoisotopic (exact) mass is 175 g/mol. The van der Waals surface area contributed by atoms with Crippen molar-refractivity contribution < 1.29 is 0 Å². The Kier molecular flexibility index (Phi) is 1.94. The molecule has 0 fully saturated rings. The van der Waals surface area contributed by atoms with E-state index in [2.05, 4.69) is 22.4 Å². The lowest BCUT2D eigenvalue weighted by molar-refractivity contribution is 1.13. The number of fused-ring (bicyclic) bond motifs is 1. The molecule has 2 aromatic rings. The van der Waals surface area contributed by atoms with Gasteiger partial charge in [0, 0.05) is 16.6 Å². The first-order valence-electron chi connectivity index (χ1n) is 4.34. The van der Waals surface area contributed by atoms with E-state index >= 15 is 0 Å². The number of para-hydroxylation sites is 1. The van der Waals surface area contributed by atoms with Gasteiger partial charge in [0.15, 0.2) is 0 Å². The van der Waals surface area contributed by atoms with Crippen molar-refractivity contribution in [2.75, 3.05) is 12.0 Å². The summed E-state index contributed by atoms with van der Waals surface area (Å²) >= 11 is 0. The van der Waals surface area contributed by atoms with E-state index in [0.29, 0.717) is 6.67 Å². The van der Waals surface area contributed by atoms with Crippen molar-refractivity contribution in [2.24, 2.45) is 5.73 Å². The number of aromatic nitrogens is 1. The van der Waals surface area contributed by atoms with Crippen molar-refractivity contribution in [3.05, 3.63) is 30.0 Å². The molecule has 3 heteroatoms. The van der Waals surface area contributed by atoms with Crippen LogP contribution in [0.3, 0.4) is 0 Å². The molecule has 1 aromatic carbocycles. The van der Waals surface area contributed by atoms with Gasteiger partial charge in [-0.3, -0.25) is 0 Å². The van der Waals surface area contributed by atoms with E-state index in [9.17, 15) is 0 Å². The smallest absolute Gasteiger partial charge is 0.0638 e. The summed E-state index contributed by atoms with van der Waals surface area (Å²) in [6.45, 7) is 2.50. The number of rotatable bonds is 2. The molecule has 0 aliphatic rings. The van der Waals surface area contributed by atoms with Gasteiger partial charge in [-0.05, 0) is 13.0 Å². The number of H-pyrrole nitrogens is 1. The van der Waals surface area contributed by atoms with Gasteiger partial charge in [-0.25, -0.2) is 0 Å². The first-order valence-corrected chi connectivity index (χ1v) is 4.34. The topological polar surface area (TPSA) is 53.8 Å². The van der Waals surface area contributed by atoms with Crippen LogP contribution < -0.4 is 11.1 Å². The molecule has 13 heavy (non-hydrogen) atoms. The Bertz CT molecular complexity index is 417. The molecular weight excluding hydrogens is 162 g/mol. The van der Waals surface area contributed by atoms with Crippen LogP contribution in [0.2, 0.25) is 0 Å². The van der Waals surface area contributed by atoms with E-state index in [4.69, 9.17) is 5.73 Å². The lowest BCUT2D eigenvalue weighted by Crippen LogP contribution is -2.10. The van der Waals surface area contributed by atoms with Crippen LogP contribution in [0.1, 0.15) is 5.69 Å². The molecule has 68 valence electrons. The third-order valence-electron chi connectivity index (χ3n) is 2.17. The van der Waals surface area contributed by atoms with Crippen molar-refractivity contribution >= 4 is 16.6 Å². The second-order valence-electron chi connectivity index (χ2n) is 3.05. The summed E-state index contributed by atoms with van der Waals surface area (Å²) < 4.78 is 0. The van der Waals surface area contributed by atoms with E-state index in [1.807, 2.05) is 19.1 Å². The predicted octanol–water partition coefficient (Wildman–Crippen LogP) is 1.80. The Labute approximate surface area is 76.9 Å². The molecule has 0 saturated heterocycles. The Morgan fingerprint density at radius 1 is 1.38 bits per heavy atom. The maximum Gasteiger partial charge on any atom is 0.0638 e. The third-order valence-corrected chi connectivity index (χ3v) is 2.17. The van der Waals surface area contributed by atoms with Crippen LogP contribution in [0.25, 0.3) is 10.9 Å². The molecule has 0 radical (unpaired) electrons. The summed E-state index contributed by atoms with van der Waals surface area (Å²) in [5.74, 6) is 0.